The van der Waals surface area contributed by atoms with Crippen molar-refractivity contribution in [1.82, 2.24) is 0 Å². The fourth-order valence-electron chi connectivity index (χ4n) is 0.857. The first-order valence-corrected chi connectivity index (χ1v) is 4.37. The van der Waals surface area contributed by atoms with Crippen LogP contribution in [0.25, 0.3) is 0 Å². The highest BCUT2D eigenvalue weighted by Gasteiger charge is 1.97. The lowest BCUT2D eigenvalue weighted by Gasteiger charge is -1.97. The topological polar surface area (TPSA) is 26.3 Å². The molecule has 0 aliphatic rings. The molecule has 0 aliphatic heterocycles. The molecule has 0 aromatic rings. The fraction of sp³-hybridized carbons (Fsp3) is 0.700. The Morgan fingerprint density at radius 3 is 2.67 bits per heavy atom. The lowest BCUT2D eigenvalue weighted by molar-refractivity contribution is -0.122. The van der Waals surface area contributed by atoms with Gasteiger partial charge in [-0.1, -0.05) is 18.6 Å². The highest BCUT2D eigenvalue weighted by molar-refractivity contribution is 5.79. The summed E-state index contributed by atoms with van der Waals surface area (Å²) in [7, 11) is 1.55. The average molecular weight is 170 g/mol. The summed E-state index contributed by atoms with van der Waals surface area (Å²) in [4.78, 5) is 11.0. The van der Waals surface area contributed by atoms with Crippen LogP contribution in [0, 0.1) is 0 Å². The summed E-state index contributed by atoms with van der Waals surface area (Å²) in [6.07, 6.45) is 4.64. The van der Waals surface area contributed by atoms with E-state index in [2.05, 4.69) is 19.9 Å². The minimum Gasteiger partial charge on any atom is -0.377 e. The molecule has 0 fully saturated rings. The molecule has 0 bridgehead atoms. The van der Waals surface area contributed by atoms with Gasteiger partial charge in [-0.05, 0) is 19.8 Å². The molecule has 2 nitrogen and oxygen atoms in total. The second-order valence-corrected chi connectivity index (χ2v) is 2.91. The fourth-order valence-corrected chi connectivity index (χ4v) is 0.857. The number of carbonyl (C=O) groups excluding carboxylic acids is 1. The van der Waals surface area contributed by atoms with Gasteiger partial charge in [-0.3, -0.25) is 4.79 Å². The summed E-state index contributed by atoms with van der Waals surface area (Å²) in [6.45, 7) is 4.45. The molecular formula is C10H18O2. The van der Waals surface area contributed by atoms with Gasteiger partial charge in [0.1, 0.15) is 6.61 Å². The Kier molecular flexibility index (Phi) is 6.67. The summed E-state index contributed by atoms with van der Waals surface area (Å²) in [5, 5.41) is 0. The van der Waals surface area contributed by atoms with Gasteiger partial charge in [-0.2, -0.15) is 0 Å². The van der Waals surface area contributed by atoms with Crippen molar-refractivity contribution in [2.45, 2.75) is 33.1 Å². The predicted molar refractivity (Wildman–Crippen MR) is 50.2 cm³/mol. The SMILES string of the molecule is CC/C(C)=C/CCC(=O)COC. The Labute approximate surface area is 74.6 Å². The largest absolute Gasteiger partial charge is 0.377 e. The molecule has 0 atom stereocenters. The summed E-state index contributed by atoms with van der Waals surface area (Å²) < 4.78 is 4.72. The van der Waals surface area contributed by atoms with E-state index in [1.165, 1.54) is 5.57 Å². The Morgan fingerprint density at radius 2 is 2.17 bits per heavy atom. The average Bonchev–Trinajstić information content (AvgIpc) is 2.04. The quantitative estimate of drug-likeness (QED) is 0.572. The monoisotopic (exact) mass is 170 g/mol. The Hall–Kier alpha value is -0.630. The first-order chi connectivity index (χ1) is 5.70. The molecule has 0 N–H and O–H groups in total. The number of allylic oxidation sites excluding steroid dienone is 2. The van der Waals surface area contributed by atoms with Crippen LogP contribution in [0.2, 0.25) is 0 Å². The molecule has 0 saturated heterocycles. The maximum Gasteiger partial charge on any atom is 0.158 e. The van der Waals surface area contributed by atoms with Gasteiger partial charge in [0.25, 0.3) is 0 Å². The molecular weight excluding hydrogens is 152 g/mol. The summed E-state index contributed by atoms with van der Waals surface area (Å²) in [6, 6.07) is 0. The van der Waals surface area contributed by atoms with E-state index in [1.807, 2.05) is 0 Å². The molecule has 0 heterocycles. The molecule has 0 aromatic carbocycles. The third-order valence-corrected chi connectivity index (χ3v) is 1.78. The van der Waals surface area contributed by atoms with E-state index in [0.29, 0.717) is 6.42 Å². The standard InChI is InChI=1S/C10H18O2/c1-4-9(2)6-5-7-10(11)8-12-3/h6H,4-5,7-8H2,1-3H3/b9-6+. The van der Waals surface area contributed by atoms with Crippen LogP contribution in [0.4, 0.5) is 0 Å². The van der Waals surface area contributed by atoms with Crippen molar-refractivity contribution < 1.29 is 9.53 Å². The smallest absolute Gasteiger partial charge is 0.158 e. The summed E-state index contributed by atoms with van der Waals surface area (Å²) >= 11 is 0. The molecule has 0 spiro atoms. The van der Waals surface area contributed by atoms with Gasteiger partial charge in [-0.25, -0.2) is 0 Å². The number of Topliss-reactive ketones (excluding diaryl/α,β-unsaturated/α-hetero) is 1. The van der Waals surface area contributed by atoms with Gasteiger partial charge in [-0.15, -0.1) is 0 Å². The van der Waals surface area contributed by atoms with E-state index in [0.717, 1.165) is 12.8 Å². The minimum atomic E-state index is 0.178. The number of hydrogen-bond acceptors (Lipinski definition) is 2. The molecule has 0 aromatic heterocycles. The van der Waals surface area contributed by atoms with Crippen molar-refractivity contribution >= 4 is 5.78 Å². The van der Waals surface area contributed by atoms with Crippen LogP contribution in [0.3, 0.4) is 0 Å². The van der Waals surface area contributed by atoms with E-state index < -0.39 is 0 Å². The van der Waals surface area contributed by atoms with E-state index in [9.17, 15) is 4.79 Å². The summed E-state index contributed by atoms with van der Waals surface area (Å²) in [5.74, 6) is 0.178. The third kappa shape index (κ3) is 6.10. The van der Waals surface area contributed by atoms with E-state index in [-0.39, 0.29) is 12.4 Å². The van der Waals surface area contributed by atoms with Crippen molar-refractivity contribution in [3.8, 4) is 0 Å². The molecule has 2 heteroatoms. The van der Waals surface area contributed by atoms with Crippen LogP contribution in [0.15, 0.2) is 11.6 Å². The number of methoxy groups -OCH3 is 1. The van der Waals surface area contributed by atoms with Gasteiger partial charge < -0.3 is 4.74 Å². The van der Waals surface area contributed by atoms with Crippen LogP contribution in [0.5, 0.6) is 0 Å². The predicted octanol–water partition coefficient (Wildman–Crippen LogP) is 2.34. The van der Waals surface area contributed by atoms with Gasteiger partial charge in [0.05, 0.1) is 0 Å². The van der Waals surface area contributed by atoms with Crippen molar-refractivity contribution in [3.05, 3.63) is 11.6 Å². The van der Waals surface area contributed by atoms with E-state index >= 15 is 0 Å². The Morgan fingerprint density at radius 1 is 1.50 bits per heavy atom. The second kappa shape index (κ2) is 7.04. The lowest BCUT2D eigenvalue weighted by Crippen LogP contribution is -2.05. The molecule has 0 unspecified atom stereocenters. The normalized spacial score (nSPS) is 11.8. The van der Waals surface area contributed by atoms with Crippen LogP contribution < -0.4 is 0 Å². The van der Waals surface area contributed by atoms with Gasteiger partial charge in [0, 0.05) is 13.5 Å². The lowest BCUT2D eigenvalue weighted by atomic mass is 10.1. The van der Waals surface area contributed by atoms with Crippen LogP contribution in [-0.2, 0) is 9.53 Å². The van der Waals surface area contributed by atoms with Crippen LogP contribution in [-0.4, -0.2) is 19.5 Å². The van der Waals surface area contributed by atoms with Crippen LogP contribution in [0.1, 0.15) is 33.1 Å². The van der Waals surface area contributed by atoms with Crippen LogP contribution >= 0.6 is 0 Å². The van der Waals surface area contributed by atoms with E-state index in [4.69, 9.17) is 4.74 Å². The van der Waals surface area contributed by atoms with Crippen molar-refractivity contribution in [1.29, 1.82) is 0 Å². The highest BCUT2D eigenvalue weighted by atomic mass is 16.5. The van der Waals surface area contributed by atoms with Gasteiger partial charge in [0.2, 0.25) is 0 Å². The molecule has 70 valence electrons. The highest BCUT2D eigenvalue weighted by Crippen LogP contribution is 2.02. The van der Waals surface area contributed by atoms with E-state index in [1.54, 1.807) is 7.11 Å². The van der Waals surface area contributed by atoms with Crippen molar-refractivity contribution in [2.24, 2.45) is 0 Å². The zero-order valence-corrected chi connectivity index (χ0v) is 8.22. The number of hydrogen-bond donors (Lipinski definition) is 0. The van der Waals surface area contributed by atoms with Gasteiger partial charge >= 0.3 is 0 Å². The zero-order valence-electron chi connectivity index (χ0n) is 8.22. The number of ketones is 1. The zero-order chi connectivity index (χ0) is 9.40. The maximum atomic E-state index is 11.0. The first kappa shape index (κ1) is 11.4. The molecule has 0 amide bonds. The molecule has 12 heavy (non-hydrogen) atoms. The number of rotatable bonds is 6. The Bertz CT molecular complexity index is 159. The molecule has 0 rings (SSSR count). The number of ether oxygens (including phenoxy) is 1. The van der Waals surface area contributed by atoms with Crippen molar-refractivity contribution in [3.63, 3.8) is 0 Å². The maximum absolute atomic E-state index is 11.0. The van der Waals surface area contributed by atoms with Crippen molar-refractivity contribution in [2.75, 3.05) is 13.7 Å². The summed E-state index contributed by atoms with van der Waals surface area (Å²) in [5.41, 5.74) is 1.35. The first-order valence-electron chi connectivity index (χ1n) is 4.37. The second-order valence-electron chi connectivity index (χ2n) is 2.91. The third-order valence-electron chi connectivity index (χ3n) is 1.78. The number of carbonyl (C=O) groups is 1. The van der Waals surface area contributed by atoms with Gasteiger partial charge in [0.15, 0.2) is 5.78 Å². The molecule has 0 radical (unpaired) electrons. The minimum absolute atomic E-state index is 0.178. The molecule has 0 aliphatic carbocycles. The molecule has 0 saturated carbocycles. The Balaban J connectivity index is 3.48.